The molecule has 0 bridgehead atoms. The van der Waals surface area contributed by atoms with Crippen LogP contribution in [0.4, 0.5) is 4.79 Å². The molecule has 3 amide bonds. The lowest BCUT2D eigenvalue weighted by atomic mass is 9.99. The molecule has 6 heteroatoms. The Balaban J connectivity index is 1.75. The fraction of sp³-hybridized carbons (Fsp3) is 0.200. The van der Waals surface area contributed by atoms with Crippen molar-refractivity contribution in [1.29, 1.82) is 0 Å². The predicted octanol–water partition coefficient (Wildman–Crippen LogP) is 2.00. The van der Waals surface area contributed by atoms with Gasteiger partial charge in [-0.2, -0.15) is 0 Å². The van der Waals surface area contributed by atoms with Crippen LogP contribution in [0.1, 0.15) is 10.4 Å². The summed E-state index contributed by atoms with van der Waals surface area (Å²) >= 11 is 1.42. The summed E-state index contributed by atoms with van der Waals surface area (Å²) < 4.78 is 5.68. The maximum absolute atomic E-state index is 12.2. The molecular weight excluding hydrogens is 288 g/mol. The van der Waals surface area contributed by atoms with Gasteiger partial charge in [0.15, 0.2) is 5.54 Å². The minimum Gasteiger partial charge on any atom is -0.373 e. The third kappa shape index (κ3) is 2.68. The normalized spacial score (nSPS) is 21.1. The number of carbonyl (C=O) groups excluding carboxylic acids is 2. The van der Waals surface area contributed by atoms with Gasteiger partial charge in [0.05, 0.1) is 13.2 Å². The second-order valence-electron chi connectivity index (χ2n) is 4.77. The molecule has 2 aromatic rings. The van der Waals surface area contributed by atoms with Gasteiger partial charge in [-0.25, -0.2) is 4.79 Å². The average molecular weight is 302 g/mol. The van der Waals surface area contributed by atoms with Gasteiger partial charge in [-0.3, -0.25) is 10.1 Å². The van der Waals surface area contributed by atoms with E-state index in [9.17, 15) is 9.59 Å². The largest absolute Gasteiger partial charge is 0.373 e. The third-order valence-electron chi connectivity index (χ3n) is 3.31. The van der Waals surface area contributed by atoms with Gasteiger partial charge < -0.3 is 10.1 Å². The lowest BCUT2D eigenvalue weighted by Crippen LogP contribution is -2.47. The number of thiophene rings is 1. The van der Waals surface area contributed by atoms with Crippen LogP contribution in [0.25, 0.3) is 0 Å². The molecule has 1 saturated heterocycles. The first kappa shape index (κ1) is 13.8. The summed E-state index contributed by atoms with van der Waals surface area (Å²) in [6.07, 6.45) is 0. The Morgan fingerprint density at radius 2 is 1.90 bits per heavy atom. The minimum atomic E-state index is -1.12. The summed E-state index contributed by atoms with van der Waals surface area (Å²) in [5, 5.41) is 6.84. The zero-order valence-electron chi connectivity index (χ0n) is 11.2. The highest BCUT2D eigenvalue weighted by Gasteiger charge is 2.48. The van der Waals surface area contributed by atoms with Crippen molar-refractivity contribution in [1.82, 2.24) is 10.6 Å². The van der Waals surface area contributed by atoms with Crippen LogP contribution in [0, 0.1) is 0 Å². The first-order valence-corrected chi connectivity index (χ1v) is 7.38. The Morgan fingerprint density at radius 1 is 1.10 bits per heavy atom. The van der Waals surface area contributed by atoms with Crippen LogP contribution in [-0.4, -0.2) is 18.5 Å². The summed E-state index contributed by atoms with van der Waals surface area (Å²) in [5.74, 6) is -0.372. The highest BCUT2D eigenvalue weighted by Crippen LogP contribution is 2.29. The van der Waals surface area contributed by atoms with E-state index in [1.54, 1.807) is 0 Å². The summed E-state index contributed by atoms with van der Waals surface area (Å²) in [4.78, 5) is 24.4. The molecule has 1 fully saturated rings. The fourth-order valence-corrected chi connectivity index (χ4v) is 3.12. The van der Waals surface area contributed by atoms with Crippen molar-refractivity contribution >= 4 is 23.3 Å². The minimum absolute atomic E-state index is 0.0972. The quantitative estimate of drug-likeness (QED) is 0.830. The van der Waals surface area contributed by atoms with Gasteiger partial charge in [-0.15, -0.1) is 11.3 Å². The Labute approximate surface area is 125 Å². The van der Waals surface area contributed by atoms with Crippen molar-refractivity contribution < 1.29 is 14.3 Å². The summed E-state index contributed by atoms with van der Waals surface area (Å²) in [6.45, 7) is 0.483. The molecule has 1 aliphatic rings. The number of carbonyl (C=O) groups is 2. The van der Waals surface area contributed by atoms with E-state index < -0.39 is 11.6 Å². The molecule has 0 aliphatic carbocycles. The van der Waals surface area contributed by atoms with E-state index in [1.807, 2.05) is 47.8 Å². The molecule has 1 aromatic carbocycles. The molecule has 108 valence electrons. The molecule has 0 saturated carbocycles. The number of rotatable bonds is 5. The van der Waals surface area contributed by atoms with Crippen LogP contribution in [-0.2, 0) is 21.7 Å². The lowest BCUT2D eigenvalue weighted by Gasteiger charge is -2.24. The topological polar surface area (TPSA) is 67.4 Å². The Morgan fingerprint density at radius 3 is 2.52 bits per heavy atom. The Kier molecular flexibility index (Phi) is 3.72. The van der Waals surface area contributed by atoms with E-state index in [0.717, 1.165) is 10.4 Å². The summed E-state index contributed by atoms with van der Waals surface area (Å²) in [7, 11) is 0. The van der Waals surface area contributed by atoms with Crippen LogP contribution in [0.15, 0.2) is 47.8 Å². The van der Waals surface area contributed by atoms with Gasteiger partial charge in [-0.05, 0) is 17.0 Å². The first-order chi connectivity index (χ1) is 10.2. The molecule has 1 unspecified atom stereocenters. The van der Waals surface area contributed by atoms with Gasteiger partial charge in [0.2, 0.25) is 0 Å². The number of urea groups is 1. The van der Waals surface area contributed by atoms with Crippen molar-refractivity contribution in [2.45, 2.75) is 12.1 Å². The molecule has 2 heterocycles. The molecule has 21 heavy (non-hydrogen) atoms. The summed E-state index contributed by atoms with van der Waals surface area (Å²) in [6, 6.07) is 12.9. The van der Waals surface area contributed by atoms with Gasteiger partial charge in [0, 0.05) is 4.88 Å². The SMILES string of the molecule is O=C1NC(=O)C(COCc2ccccc2)(c2cccs2)N1. The number of amides is 3. The number of nitrogens with one attached hydrogen (secondary N) is 2. The highest BCUT2D eigenvalue weighted by molar-refractivity contribution is 7.10. The maximum atomic E-state index is 12.2. The van der Waals surface area contributed by atoms with Crippen molar-refractivity contribution in [2.24, 2.45) is 0 Å². The zero-order valence-corrected chi connectivity index (χ0v) is 12.0. The average Bonchev–Trinajstić information content (AvgIpc) is 3.09. The van der Waals surface area contributed by atoms with Crippen molar-refractivity contribution in [3.63, 3.8) is 0 Å². The molecule has 1 atom stereocenters. The number of imide groups is 1. The van der Waals surface area contributed by atoms with E-state index >= 15 is 0 Å². The monoisotopic (exact) mass is 302 g/mol. The first-order valence-electron chi connectivity index (χ1n) is 6.50. The molecule has 1 aromatic heterocycles. The Bertz CT molecular complexity index is 642. The number of hydrogen-bond donors (Lipinski definition) is 2. The van der Waals surface area contributed by atoms with Crippen molar-refractivity contribution in [3.8, 4) is 0 Å². The standard InChI is InChI=1S/C15H14N2O3S/c18-13-15(17-14(19)16-13,12-7-4-8-21-12)10-20-9-11-5-2-1-3-6-11/h1-8H,9-10H2,(H2,16,17,18,19). The predicted molar refractivity (Wildman–Crippen MR) is 78.8 cm³/mol. The van der Waals surface area contributed by atoms with E-state index in [-0.39, 0.29) is 12.5 Å². The molecule has 1 aliphatic heterocycles. The number of benzene rings is 1. The second-order valence-corrected chi connectivity index (χ2v) is 5.72. The molecule has 2 N–H and O–H groups in total. The Hall–Kier alpha value is -2.18. The number of hydrogen-bond acceptors (Lipinski definition) is 4. The van der Waals surface area contributed by atoms with Crippen LogP contribution in [0.2, 0.25) is 0 Å². The molecule has 5 nitrogen and oxygen atoms in total. The fourth-order valence-electron chi connectivity index (χ4n) is 2.26. The van der Waals surface area contributed by atoms with Crippen LogP contribution < -0.4 is 10.6 Å². The van der Waals surface area contributed by atoms with Crippen molar-refractivity contribution in [3.05, 3.63) is 58.3 Å². The van der Waals surface area contributed by atoms with Crippen molar-refractivity contribution in [2.75, 3.05) is 6.61 Å². The molecule has 3 rings (SSSR count). The van der Waals surface area contributed by atoms with Crippen LogP contribution in [0.5, 0.6) is 0 Å². The second kappa shape index (κ2) is 5.67. The van der Waals surface area contributed by atoms with Gasteiger partial charge in [0.25, 0.3) is 5.91 Å². The zero-order chi connectivity index (χ0) is 14.7. The van der Waals surface area contributed by atoms with E-state index in [1.165, 1.54) is 11.3 Å². The molecule has 0 spiro atoms. The van der Waals surface area contributed by atoms with E-state index in [2.05, 4.69) is 10.6 Å². The molecular formula is C15H14N2O3S. The smallest absolute Gasteiger partial charge is 0.322 e. The van der Waals surface area contributed by atoms with Crippen LogP contribution in [0.3, 0.4) is 0 Å². The highest BCUT2D eigenvalue weighted by atomic mass is 32.1. The number of ether oxygens (including phenoxy) is 1. The summed E-state index contributed by atoms with van der Waals surface area (Å²) in [5.41, 5.74) is -0.108. The molecule has 0 radical (unpaired) electrons. The van der Waals surface area contributed by atoms with Gasteiger partial charge in [0.1, 0.15) is 0 Å². The van der Waals surface area contributed by atoms with E-state index in [4.69, 9.17) is 4.74 Å². The third-order valence-corrected chi connectivity index (χ3v) is 4.35. The van der Waals surface area contributed by atoms with Gasteiger partial charge >= 0.3 is 6.03 Å². The maximum Gasteiger partial charge on any atom is 0.322 e. The lowest BCUT2D eigenvalue weighted by molar-refractivity contribution is -0.126. The van der Waals surface area contributed by atoms with E-state index in [0.29, 0.717) is 6.61 Å². The van der Waals surface area contributed by atoms with Crippen LogP contribution >= 0.6 is 11.3 Å². The van der Waals surface area contributed by atoms with Gasteiger partial charge in [-0.1, -0.05) is 36.4 Å².